The van der Waals surface area contributed by atoms with E-state index in [-0.39, 0.29) is 11.7 Å². The molecule has 1 saturated heterocycles. The highest BCUT2D eigenvalue weighted by molar-refractivity contribution is 5.42. The Morgan fingerprint density at radius 3 is 3.11 bits per heavy atom. The maximum Gasteiger partial charge on any atom is 0.251 e. The van der Waals surface area contributed by atoms with Gasteiger partial charge in [0.15, 0.2) is 11.6 Å². The number of aromatic nitrogens is 4. The molecule has 2 aromatic heterocycles. The van der Waals surface area contributed by atoms with Crippen LogP contribution in [0.4, 0.5) is 0 Å². The van der Waals surface area contributed by atoms with Crippen LogP contribution in [0.3, 0.4) is 0 Å². The van der Waals surface area contributed by atoms with Crippen molar-refractivity contribution in [3.63, 3.8) is 0 Å². The van der Waals surface area contributed by atoms with Gasteiger partial charge in [0, 0.05) is 31.5 Å². The first kappa shape index (κ1) is 11.2. The van der Waals surface area contributed by atoms with E-state index < -0.39 is 0 Å². The van der Waals surface area contributed by atoms with E-state index in [0.717, 1.165) is 25.1 Å². The van der Waals surface area contributed by atoms with Crippen molar-refractivity contribution in [3.05, 3.63) is 34.5 Å². The summed E-state index contributed by atoms with van der Waals surface area (Å²) >= 11 is 0. The van der Waals surface area contributed by atoms with Crippen molar-refractivity contribution in [1.82, 2.24) is 19.9 Å². The first-order valence-corrected chi connectivity index (χ1v) is 6.03. The average molecular weight is 246 g/mol. The SMILES string of the molecule is O=c1cc(CC2CCCO2)nc(-c2ncc[nH]2)[nH]1. The van der Waals surface area contributed by atoms with Crippen LogP contribution in [-0.2, 0) is 11.2 Å². The van der Waals surface area contributed by atoms with Crippen molar-refractivity contribution in [2.45, 2.75) is 25.4 Å². The van der Waals surface area contributed by atoms with E-state index in [9.17, 15) is 4.79 Å². The summed E-state index contributed by atoms with van der Waals surface area (Å²) in [6.45, 7) is 0.804. The van der Waals surface area contributed by atoms with E-state index in [1.807, 2.05) is 0 Å². The molecule has 0 radical (unpaired) electrons. The van der Waals surface area contributed by atoms with E-state index in [1.165, 1.54) is 6.07 Å². The lowest BCUT2D eigenvalue weighted by atomic mass is 10.1. The van der Waals surface area contributed by atoms with Gasteiger partial charge in [-0.1, -0.05) is 0 Å². The largest absolute Gasteiger partial charge is 0.378 e. The summed E-state index contributed by atoms with van der Waals surface area (Å²) in [4.78, 5) is 25.7. The molecule has 0 spiro atoms. The number of ether oxygens (including phenoxy) is 1. The Balaban J connectivity index is 1.88. The van der Waals surface area contributed by atoms with Crippen molar-refractivity contribution in [3.8, 4) is 11.6 Å². The zero-order chi connectivity index (χ0) is 12.4. The topological polar surface area (TPSA) is 83.7 Å². The van der Waals surface area contributed by atoms with E-state index in [2.05, 4.69) is 19.9 Å². The van der Waals surface area contributed by atoms with Crippen molar-refractivity contribution in [1.29, 1.82) is 0 Å². The molecule has 3 heterocycles. The molecule has 0 amide bonds. The van der Waals surface area contributed by atoms with Crippen LogP contribution in [0.2, 0.25) is 0 Å². The van der Waals surface area contributed by atoms with Gasteiger partial charge in [-0.2, -0.15) is 0 Å². The molecule has 6 heteroatoms. The summed E-state index contributed by atoms with van der Waals surface area (Å²) in [7, 11) is 0. The van der Waals surface area contributed by atoms with Gasteiger partial charge in [0.1, 0.15) is 0 Å². The van der Waals surface area contributed by atoms with Crippen molar-refractivity contribution in [2.75, 3.05) is 6.61 Å². The van der Waals surface area contributed by atoms with Gasteiger partial charge in [0.25, 0.3) is 5.56 Å². The quantitative estimate of drug-likeness (QED) is 0.842. The van der Waals surface area contributed by atoms with Gasteiger partial charge in [-0.25, -0.2) is 9.97 Å². The number of hydrogen-bond acceptors (Lipinski definition) is 4. The first-order valence-electron chi connectivity index (χ1n) is 6.03. The molecule has 6 nitrogen and oxygen atoms in total. The molecule has 0 saturated carbocycles. The molecule has 1 atom stereocenters. The lowest BCUT2D eigenvalue weighted by Crippen LogP contribution is -2.16. The van der Waals surface area contributed by atoms with Gasteiger partial charge >= 0.3 is 0 Å². The van der Waals surface area contributed by atoms with Crippen LogP contribution in [0, 0.1) is 0 Å². The molecule has 1 unspecified atom stereocenters. The Morgan fingerprint density at radius 1 is 1.44 bits per heavy atom. The Hall–Kier alpha value is -1.95. The third-order valence-electron chi connectivity index (χ3n) is 2.98. The van der Waals surface area contributed by atoms with Crippen molar-refractivity contribution in [2.24, 2.45) is 0 Å². The Kier molecular flexibility index (Phi) is 2.93. The fourth-order valence-electron chi connectivity index (χ4n) is 2.16. The lowest BCUT2D eigenvalue weighted by molar-refractivity contribution is 0.110. The van der Waals surface area contributed by atoms with Gasteiger partial charge < -0.3 is 14.7 Å². The summed E-state index contributed by atoms with van der Waals surface area (Å²) in [5.41, 5.74) is 0.585. The van der Waals surface area contributed by atoms with E-state index >= 15 is 0 Å². The molecule has 2 aromatic rings. The van der Waals surface area contributed by atoms with E-state index in [1.54, 1.807) is 12.4 Å². The second kappa shape index (κ2) is 4.73. The number of nitrogens with one attached hydrogen (secondary N) is 2. The molecule has 1 aliphatic heterocycles. The maximum absolute atomic E-state index is 11.6. The molecule has 0 aliphatic carbocycles. The molecule has 1 fully saturated rings. The molecular weight excluding hydrogens is 232 g/mol. The molecule has 94 valence electrons. The van der Waals surface area contributed by atoms with Gasteiger partial charge in [0.05, 0.1) is 11.8 Å². The van der Waals surface area contributed by atoms with Gasteiger partial charge in [-0.3, -0.25) is 4.79 Å². The molecule has 3 rings (SSSR count). The Labute approximate surface area is 103 Å². The summed E-state index contributed by atoms with van der Waals surface area (Å²) in [5.74, 6) is 1.04. The minimum atomic E-state index is -0.163. The monoisotopic (exact) mass is 246 g/mol. The number of aromatic amines is 2. The Bertz CT molecular complexity index is 570. The molecule has 0 bridgehead atoms. The highest BCUT2D eigenvalue weighted by Crippen LogP contribution is 2.16. The molecule has 0 aromatic carbocycles. The number of H-pyrrole nitrogens is 2. The van der Waals surface area contributed by atoms with E-state index in [4.69, 9.17) is 4.74 Å². The molecule has 18 heavy (non-hydrogen) atoms. The van der Waals surface area contributed by atoms with E-state index in [0.29, 0.717) is 18.1 Å². The van der Waals surface area contributed by atoms with Crippen LogP contribution in [0.15, 0.2) is 23.3 Å². The fourth-order valence-corrected chi connectivity index (χ4v) is 2.16. The lowest BCUT2D eigenvalue weighted by Gasteiger charge is -2.08. The van der Waals surface area contributed by atoms with Crippen LogP contribution in [-0.4, -0.2) is 32.6 Å². The van der Waals surface area contributed by atoms with Crippen molar-refractivity contribution < 1.29 is 4.74 Å². The smallest absolute Gasteiger partial charge is 0.251 e. The van der Waals surface area contributed by atoms with Crippen LogP contribution in [0.1, 0.15) is 18.5 Å². The van der Waals surface area contributed by atoms with Gasteiger partial charge in [0.2, 0.25) is 0 Å². The third kappa shape index (κ3) is 2.33. The average Bonchev–Trinajstić information content (AvgIpc) is 3.00. The standard InChI is InChI=1S/C12H14N4O2/c17-10-7-8(6-9-2-1-5-18-9)15-12(16-10)11-13-3-4-14-11/h3-4,7,9H,1-2,5-6H2,(H,13,14)(H,15,16,17). The number of nitrogens with zero attached hydrogens (tertiary/aromatic N) is 2. The second-order valence-corrected chi connectivity index (χ2v) is 4.36. The summed E-state index contributed by atoms with van der Waals surface area (Å²) in [5, 5.41) is 0. The van der Waals surface area contributed by atoms with Gasteiger partial charge in [-0.15, -0.1) is 0 Å². The predicted molar refractivity (Wildman–Crippen MR) is 65.1 cm³/mol. The zero-order valence-electron chi connectivity index (χ0n) is 9.85. The van der Waals surface area contributed by atoms with Crippen LogP contribution < -0.4 is 5.56 Å². The molecular formula is C12H14N4O2. The van der Waals surface area contributed by atoms with Crippen LogP contribution in [0.5, 0.6) is 0 Å². The minimum Gasteiger partial charge on any atom is -0.378 e. The highest BCUT2D eigenvalue weighted by atomic mass is 16.5. The summed E-state index contributed by atoms with van der Waals surface area (Å²) in [6.07, 6.45) is 6.30. The third-order valence-corrected chi connectivity index (χ3v) is 2.98. The fraction of sp³-hybridized carbons (Fsp3) is 0.417. The van der Waals surface area contributed by atoms with Crippen LogP contribution >= 0.6 is 0 Å². The first-order chi connectivity index (χ1) is 8.81. The van der Waals surface area contributed by atoms with Crippen molar-refractivity contribution >= 4 is 0 Å². The summed E-state index contributed by atoms with van der Waals surface area (Å²) < 4.78 is 5.55. The van der Waals surface area contributed by atoms with Crippen LogP contribution in [0.25, 0.3) is 11.6 Å². The minimum absolute atomic E-state index is 0.163. The Morgan fingerprint density at radius 2 is 2.39 bits per heavy atom. The second-order valence-electron chi connectivity index (χ2n) is 4.36. The number of hydrogen-bond donors (Lipinski definition) is 2. The zero-order valence-corrected chi connectivity index (χ0v) is 9.85. The van der Waals surface area contributed by atoms with Gasteiger partial charge in [-0.05, 0) is 12.8 Å². The number of imidazole rings is 1. The highest BCUT2D eigenvalue weighted by Gasteiger charge is 2.17. The normalized spacial score (nSPS) is 19.2. The molecule has 1 aliphatic rings. The maximum atomic E-state index is 11.6. The predicted octanol–water partition coefficient (Wildman–Crippen LogP) is 0.881. The summed E-state index contributed by atoms with van der Waals surface area (Å²) in [6, 6.07) is 1.52. The molecule has 2 N–H and O–H groups in total. The number of rotatable bonds is 3.